The zero-order valence-corrected chi connectivity index (χ0v) is 20.6. The smallest absolute Gasteiger partial charge is 0.223 e. The molecule has 174 valence electrons. The van der Waals surface area contributed by atoms with Gasteiger partial charge >= 0.3 is 0 Å². The monoisotopic (exact) mass is 476 g/mol. The summed E-state index contributed by atoms with van der Waals surface area (Å²) in [7, 11) is 2.11. The molecule has 2 aliphatic rings. The minimum Gasteiger partial charge on any atom is -0.493 e. The van der Waals surface area contributed by atoms with Gasteiger partial charge in [-0.05, 0) is 57.1 Å². The van der Waals surface area contributed by atoms with Crippen LogP contribution >= 0.6 is 22.9 Å². The molecule has 3 heterocycles. The summed E-state index contributed by atoms with van der Waals surface area (Å²) in [5, 5.41) is 3.89. The van der Waals surface area contributed by atoms with E-state index in [2.05, 4.69) is 21.8 Å². The fraction of sp³-hybridized carbons (Fsp3) is 0.583. The van der Waals surface area contributed by atoms with Gasteiger partial charge in [-0.1, -0.05) is 11.6 Å². The molecule has 1 aromatic carbocycles. The molecule has 1 aromatic heterocycles. The zero-order valence-electron chi connectivity index (χ0n) is 19.1. The number of nitrogens with zero attached hydrogens (tertiary/aromatic N) is 4. The molecule has 1 amide bonds. The topological polar surface area (TPSA) is 48.9 Å². The van der Waals surface area contributed by atoms with Crippen LogP contribution in [0, 0.1) is 12.3 Å². The highest BCUT2D eigenvalue weighted by molar-refractivity contribution is 7.09. The van der Waals surface area contributed by atoms with Gasteiger partial charge in [0.05, 0.1) is 13.2 Å². The number of aryl methyl sites for hydroxylation is 1. The van der Waals surface area contributed by atoms with E-state index in [0.717, 1.165) is 80.0 Å². The van der Waals surface area contributed by atoms with Crippen molar-refractivity contribution in [2.45, 2.75) is 32.7 Å². The molecule has 0 bridgehead atoms. The van der Waals surface area contributed by atoms with Crippen molar-refractivity contribution in [2.75, 3.05) is 52.9 Å². The maximum Gasteiger partial charge on any atom is 0.223 e. The zero-order chi connectivity index (χ0) is 22.6. The Bertz CT molecular complexity index is 901. The van der Waals surface area contributed by atoms with Crippen LogP contribution in [0.1, 0.15) is 29.8 Å². The number of piperazine rings is 1. The summed E-state index contributed by atoms with van der Waals surface area (Å²) in [5.41, 5.74) is 0.796. The van der Waals surface area contributed by atoms with Gasteiger partial charge in [0.25, 0.3) is 0 Å². The Kier molecular flexibility index (Phi) is 7.71. The van der Waals surface area contributed by atoms with E-state index in [0.29, 0.717) is 13.0 Å². The molecule has 0 radical (unpaired) electrons. The first-order valence-corrected chi connectivity index (χ1v) is 12.6. The molecular formula is C24H33ClN4O2S. The lowest BCUT2D eigenvalue weighted by molar-refractivity contribution is -0.137. The highest BCUT2D eigenvalue weighted by Crippen LogP contribution is 2.36. The first kappa shape index (κ1) is 23.5. The van der Waals surface area contributed by atoms with Crippen LogP contribution in [0.5, 0.6) is 5.75 Å². The Morgan fingerprint density at radius 2 is 2.06 bits per heavy atom. The fourth-order valence-corrected chi connectivity index (χ4v) is 5.49. The van der Waals surface area contributed by atoms with E-state index in [9.17, 15) is 4.79 Å². The second kappa shape index (κ2) is 10.5. The summed E-state index contributed by atoms with van der Waals surface area (Å²) in [6.07, 6.45) is 4.44. The van der Waals surface area contributed by atoms with Gasteiger partial charge in [-0.3, -0.25) is 9.69 Å². The van der Waals surface area contributed by atoms with Crippen LogP contribution in [0.4, 0.5) is 0 Å². The molecule has 0 N–H and O–H groups in total. The molecule has 8 heteroatoms. The van der Waals surface area contributed by atoms with E-state index < -0.39 is 0 Å². The molecule has 32 heavy (non-hydrogen) atoms. The second-order valence-corrected chi connectivity index (χ2v) is 10.7. The average molecular weight is 477 g/mol. The van der Waals surface area contributed by atoms with Crippen LogP contribution in [-0.4, -0.2) is 78.5 Å². The SMILES string of the molecule is Cc1cc(OC[C@@]2(CC(=O)N3CCN(C)CC3)CCCN(Cc3nccs3)C2)ccc1Cl. The molecule has 0 aliphatic carbocycles. The maximum atomic E-state index is 13.3. The van der Waals surface area contributed by atoms with E-state index in [1.807, 2.05) is 41.6 Å². The van der Waals surface area contributed by atoms with Crippen LogP contribution in [0.25, 0.3) is 0 Å². The van der Waals surface area contributed by atoms with Crippen LogP contribution in [0.15, 0.2) is 29.8 Å². The Morgan fingerprint density at radius 1 is 1.25 bits per heavy atom. The Labute approximate surface area is 200 Å². The third kappa shape index (κ3) is 6.01. The molecule has 0 unspecified atom stereocenters. The van der Waals surface area contributed by atoms with E-state index in [4.69, 9.17) is 16.3 Å². The number of halogens is 1. The van der Waals surface area contributed by atoms with Crippen molar-refractivity contribution < 1.29 is 9.53 Å². The highest BCUT2D eigenvalue weighted by Gasteiger charge is 2.40. The van der Waals surface area contributed by atoms with Gasteiger partial charge in [0.15, 0.2) is 0 Å². The van der Waals surface area contributed by atoms with Gasteiger partial charge < -0.3 is 14.5 Å². The minimum atomic E-state index is -0.205. The summed E-state index contributed by atoms with van der Waals surface area (Å²) < 4.78 is 6.30. The molecule has 2 saturated heterocycles. The first-order chi connectivity index (χ1) is 15.4. The van der Waals surface area contributed by atoms with Crippen molar-refractivity contribution in [3.63, 3.8) is 0 Å². The number of hydrogen-bond acceptors (Lipinski definition) is 6. The van der Waals surface area contributed by atoms with Gasteiger partial charge in [-0.2, -0.15) is 0 Å². The molecule has 2 fully saturated rings. The van der Waals surface area contributed by atoms with E-state index >= 15 is 0 Å². The Hall–Kier alpha value is -1.67. The summed E-state index contributed by atoms with van der Waals surface area (Å²) in [6.45, 7) is 8.73. The van der Waals surface area contributed by atoms with Gasteiger partial charge in [0, 0.05) is 61.2 Å². The number of benzene rings is 1. The van der Waals surface area contributed by atoms with Crippen molar-refractivity contribution in [1.82, 2.24) is 19.7 Å². The maximum absolute atomic E-state index is 13.3. The number of likely N-dealkylation sites (tertiary alicyclic amines) is 1. The van der Waals surface area contributed by atoms with Crippen LogP contribution in [0.2, 0.25) is 5.02 Å². The molecule has 6 nitrogen and oxygen atoms in total. The van der Waals surface area contributed by atoms with E-state index in [1.165, 1.54) is 0 Å². The van der Waals surface area contributed by atoms with E-state index in [-0.39, 0.29) is 11.3 Å². The van der Waals surface area contributed by atoms with Gasteiger partial charge in [0.2, 0.25) is 5.91 Å². The summed E-state index contributed by atoms with van der Waals surface area (Å²) in [5.74, 6) is 1.07. The van der Waals surface area contributed by atoms with Crippen molar-refractivity contribution in [1.29, 1.82) is 0 Å². The van der Waals surface area contributed by atoms with Crippen molar-refractivity contribution >= 4 is 28.8 Å². The number of aromatic nitrogens is 1. The Morgan fingerprint density at radius 3 is 2.78 bits per heavy atom. The van der Waals surface area contributed by atoms with Crippen LogP contribution in [0.3, 0.4) is 0 Å². The number of carbonyl (C=O) groups excluding carboxylic acids is 1. The van der Waals surface area contributed by atoms with Crippen LogP contribution < -0.4 is 4.74 Å². The number of piperidine rings is 1. The lowest BCUT2D eigenvalue weighted by atomic mass is 9.77. The number of rotatable bonds is 7. The second-order valence-electron chi connectivity index (χ2n) is 9.30. The highest BCUT2D eigenvalue weighted by atomic mass is 35.5. The summed E-state index contributed by atoms with van der Waals surface area (Å²) >= 11 is 7.88. The quantitative estimate of drug-likeness (QED) is 0.606. The van der Waals surface area contributed by atoms with Gasteiger partial charge in [-0.25, -0.2) is 4.98 Å². The van der Waals surface area contributed by atoms with Crippen LogP contribution in [-0.2, 0) is 11.3 Å². The van der Waals surface area contributed by atoms with Gasteiger partial charge in [-0.15, -0.1) is 11.3 Å². The predicted octanol–water partition coefficient (Wildman–Crippen LogP) is 3.93. The first-order valence-electron chi connectivity index (χ1n) is 11.4. The molecule has 4 rings (SSSR count). The summed E-state index contributed by atoms with van der Waals surface area (Å²) in [6, 6.07) is 5.78. The molecular weight excluding hydrogens is 444 g/mol. The number of likely N-dealkylation sites (N-methyl/N-ethyl adjacent to an activating group) is 1. The number of carbonyl (C=O) groups is 1. The average Bonchev–Trinajstić information content (AvgIpc) is 3.28. The largest absolute Gasteiger partial charge is 0.493 e. The molecule has 0 spiro atoms. The van der Waals surface area contributed by atoms with E-state index in [1.54, 1.807) is 11.3 Å². The minimum absolute atomic E-state index is 0.205. The molecule has 2 aromatic rings. The number of ether oxygens (including phenoxy) is 1. The number of thiazole rings is 1. The number of amides is 1. The fourth-order valence-electron chi connectivity index (χ4n) is 4.71. The lowest BCUT2D eigenvalue weighted by Crippen LogP contribution is -2.52. The van der Waals surface area contributed by atoms with Crippen molar-refractivity contribution in [3.05, 3.63) is 45.4 Å². The Balaban J connectivity index is 1.48. The third-order valence-electron chi connectivity index (χ3n) is 6.64. The number of hydrogen-bond donors (Lipinski definition) is 0. The standard InChI is InChI=1S/C24H33ClN4O2S/c1-19-14-20(4-5-21(19)25)31-18-24(15-23(30)29-11-9-27(2)10-12-29)6-3-8-28(17-24)16-22-26-7-13-32-22/h4-5,7,13-14H,3,6,8-12,15-18H2,1-2H3/t24-/m1/s1. The summed E-state index contributed by atoms with van der Waals surface area (Å²) in [4.78, 5) is 24.5. The molecule has 2 aliphatic heterocycles. The third-order valence-corrected chi connectivity index (χ3v) is 7.83. The van der Waals surface area contributed by atoms with Gasteiger partial charge in [0.1, 0.15) is 10.8 Å². The normalized spacial score (nSPS) is 22.8. The van der Waals surface area contributed by atoms with Crippen molar-refractivity contribution in [2.24, 2.45) is 5.41 Å². The molecule has 1 atom stereocenters. The molecule has 0 saturated carbocycles. The van der Waals surface area contributed by atoms with Crippen molar-refractivity contribution in [3.8, 4) is 5.75 Å². The lowest BCUT2D eigenvalue weighted by Gasteiger charge is -2.43. The predicted molar refractivity (Wildman–Crippen MR) is 129 cm³/mol.